The minimum atomic E-state index is -0.337. The first-order valence-electron chi connectivity index (χ1n) is 17.1. The molecular weight excluding hydrogens is 743 g/mol. The van der Waals surface area contributed by atoms with Crippen LogP contribution in [0.4, 0.5) is 0 Å². The van der Waals surface area contributed by atoms with E-state index in [0.717, 1.165) is 49.8 Å². The fraction of sp³-hybridized carbons (Fsp3) is 0.476. The predicted octanol–water partition coefficient (Wildman–Crippen LogP) is 11.9. The van der Waals surface area contributed by atoms with E-state index in [9.17, 15) is 9.90 Å². The van der Waals surface area contributed by atoms with Gasteiger partial charge >= 0.3 is 0 Å². The number of rotatable bonds is 12. The molecule has 1 heterocycles. The number of pyridine rings is 1. The number of hydrogen-bond acceptors (Lipinski definition) is 3. The first kappa shape index (κ1) is 39.4. The monoisotopic (exact) mass is 799 g/mol. The van der Waals surface area contributed by atoms with E-state index in [1.54, 1.807) is 0 Å². The molecule has 0 bridgehead atoms. The quantitative estimate of drug-likeness (QED) is 0.0672. The summed E-state index contributed by atoms with van der Waals surface area (Å²) in [6, 6.07) is 23.4. The normalized spacial score (nSPS) is 12.3. The predicted molar refractivity (Wildman–Crippen MR) is 194 cm³/mol. The number of aliphatic hydroxyl groups is 1. The van der Waals surface area contributed by atoms with E-state index in [0.29, 0.717) is 11.8 Å². The van der Waals surface area contributed by atoms with Crippen molar-refractivity contribution in [3.8, 4) is 11.3 Å². The summed E-state index contributed by atoms with van der Waals surface area (Å²) in [5.74, 6) is 1.53. The van der Waals surface area contributed by atoms with Crippen LogP contribution in [-0.2, 0) is 37.7 Å². The smallest absolute Gasteiger partial charge is 0.164 e. The number of nitrogens with zero attached hydrogens (tertiary/aromatic N) is 1. The standard InChI is InChI=1S/C27H28N.C15H28O2.Ir/c1-18(2)13-20-15-21(14-19(3)4)17-23(16-20)27-26-10-9-22-7-5-6-8-24(22)25(26)11-12-28-27;1-7-14(5,8-2)12(16)11-13(17)15(6,9-3)10-4;/h5-12,15-16,18-19H,13-14H2,1-4H3;11,16H,7-10H2,1-6H3;/q-1;;/b;12-11-;. The van der Waals surface area contributed by atoms with Crippen molar-refractivity contribution in [3.05, 3.63) is 89.8 Å². The molecule has 46 heavy (non-hydrogen) atoms. The SMILES string of the molecule is CC(C)Cc1[c-]c(-c2nccc3c2ccc2ccccc23)cc(CC(C)C)c1.CCC(C)(CC)C(=O)/C=C(\O)C(C)(CC)CC.[Ir]. The number of fused-ring (bicyclic) bond motifs is 3. The summed E-state index contributed by atoms with van der Waals surface area (Å²) in [6.45, 7) is 21.2. The molecule has 251 valence electrons. The minimum absolute atomic E-state index is 0. The van der Waals surface area contributed by atoms with Gasteiger partial charge in [-0.25, -0.2) is 0 Å². The molecule has 4 rings (SSSR count). The number of benzene rings is 3. The molecule has 0 aliphatic carbocycles. The Morgan fingerprint density at radius 3 is 2.00 bits per heavy atom. The molecule has 0 spiro atoms. The molecule has 0 aliphatic rings. The molecule has 4 heteroatoms. The van der Waals surface area contributed by atoms with Gasteiger partial charge in [-0.2, -0.15) is 0 Å². The average molecular weight is 799 g/mol. The van der Waals surface area contributed by atoms with Gasteiger partial charge < -0.3 is 10.1 Å². The molecule has 3 nitrogen and oxygen atoms in total. The van der Waals surface area contributed by atoms with E-state index in [-0.39, 0.29) is 42.5 Å². The maximum Gasteiger partial charge on any atom is 0.164 e. The van der Waals surface area contributed by atoms with Crippen LogP contribution in [0, 0.1) is 28.7 Å². The van der Waals surface area contributed by atoms with Crippen molar-refractivity contribution >= 4 is 27.3 Å². The van der Waals surface area contributed by atoms with Crippen LogP contribution >= 0.6 is 0 Å². The summed E-state index contributed by atoms with van der Waals surface area (Å²) in [4.78, 5) is 17.0. The van der Waals surface area contributed by atoms with Gasteiger partial charge in [-0.3, -0.25) is 4.79 Å². The van der Waals surface area contributed by atoms with Crippen molar-refractivity contribution in [2.75, 3.05) is 0 Å². The van der Waals surface area contributed by atoms with Gasteiger partial charge in [-0.05, 0) is 83.7 Å². The third kappa shape index (κ3) is 9.61. The zero-order valence-electron chi connectivity index (χ0n) is 29.9. The largest absolute Gasteiger partial charge is 0.512 e. The summed E-state index contributed by atoms with van der Waals surface area (Å²) in [7, 11) is 0. The number of aromatic nitrogens is 1. The number of allylic oxidation sites excluding steroid dienone is 2. The average Bonchev–Trinajstić information content (AvgIpc) is 3.02. The molecule has 0 unspecified atom stereocenters. The third-order valence-corrected chi connectivity index (χ3v) is 9.78. The number of carbonyl (C=O) groups excluding carboxylic acids is 1. The Morgan fingerprint density at radius 1 is 0.804 bits per heavy atom. The first-order valence-corrected chi connectivity index (χ1v) is 17.1. The van der Waals surface area contributed by atoms with Crippen molar-refractivity contribution in [1.29, 1.82) is 0 Å². The second-order valence-corrected chi connectivity index (χ2v) is 14.1. The van der Waals surface area contributed by atoms with Crippen molar-refractivity contribution < 1.29 is 30.0 Å². The van der Waals surface area contributed by atoms with E-state index in [2.05, 4.69) is 88.4 Å². The maximum atomic E-state index is 12.2. The Hall–Kier alpha value is -2.81. The van der Waals surface area contributed by atoms with Gasteiger partial charge in [-0.1, -0.05) is 106 Å². The fourth-order valence-corrected chi connectivity index (χ4v) is 5.80. The van der Waals surface area contributed by atoms with Gasteiger partial charge in [0.25, 0.3) is 0 Å². The van der Waals surface area contributed by atoms with Crippen molar-refractivity contribution in [2.24, 2.45) is 22.7 Å². The zero-order chi connectivity index (χ0) is 33.4. The molecule has 0 amide bonds. The number of aliphatic hydroxyl groups excluding tert-OH is 1. The van der Waals surface area contributed by atoms with Crippen LogP contribution in [0.1, 0.15) is 106 Å². The topological polar surface area (TPSA) is 50.2 Å². The maximum absolute atomic E-state index is 12.2. The van der Waals surface area contributed by atoms with Crippen LogP contribution in [-0.4, -0.2) is 15.9 Å². The van der Waals surface area contributed by atoms with Crippen LogP contribution in [0.3, 0.4) is 0 Å². The summed E-state index contributed by atoms with van der Waals surface area (Å²) in [5.41, 5.74) is 4.24. The molecule has 1 radical (unpaired) electrons. The number of carbonyl (C=O) groups is 1. The Balaban J connectivity index is 0.000000356. The van der Waals surface area contributed by atoms with Gasteiger partial charge in [0.05, 0.1) is 0 Å². The molecule has 4 aromatic rings. The molecule has 0 aliphatic heterocycles. The molecule has 3 aromatic carbocycles. The molecule has 1 N–H and O–H groups in total. The van der Waals surface area contributed by atoms with Gasteiger partial charge in [0.15, 0.2) is 5.78 Å². The Morgan fingerprint density at radius 2 is 1.41 bits per heavy atom. The number of ketones is 1. The molecule has 0 atom stereocenters. The van der Waals surface area contributed by atoms with Crippen LogP contribution in [0.2, 0.25) is 0 Å². The van der Waals surface area contributed by atoms with E-state index < -0.39 is 0 Å². The Kier molecular flexibility index (Phi) is 14.9. The second kappa shape index (κ2) is 17.4. The fourth-order valence-electron chi connectivity index (χ4n) is 5.80. The number of hydrogen-bond donors (Lipinski definition) is 1. The van der Waals surface area contributed by atoms with Crippen molar-refractivity contribution in [2.45, 2.75) is 108 Å². The molecule has 0 saturated heterocycles. The van der Waals surface area contributed by atoms with E-state index in [4.69, 9.17) is 4.98 Å². The minimum Gasteiger partial charge on any atom is -0.512 e. The third-order valence-electron chi connectivity index (χ3n) is 9.78. The Labute approximate surface area is 292 Å². The summed E-state index contributed by atoms with van der Waals surface area (Å²) in [6.07, 6.45) is 8.83. The van der Waals surface area contributed by atoms with Crippen molar-refractivity contribution in [3.63, 3.8) is 0 Å². The summed E-state index contributed by atoms with van der Waals surface area (Å²) >= 11 is 0. The van der Waals surface area contributed by atoms with Crippen LogP contribution in [0.15, 0.2) is 72.6 Å². The van der Waals surface area contributed by atoms with Crippen LogP contribution in [0.5, 0.6) is 0 Å². The van der Waals surface area contributed by atoms with Crippen LogP contribution in [0.25, 0.3) is 32.8 Å². The summed E-state index contributed by atoms with van der Waals surface area (Å²) in [5, 5.41) is 15.1. The molecule has 1 aromatic heterocycles. The van der Waals surface area contributed by atoms with E-state index >= 15 is 0 Å². The Bertz CT molecular complexity index is 1580. The first-order chi connectivity index (χ1) is 21.3. The van der Waals surface area contributed by atoms with E-state index in [1.807, 2.05) is 47.7 Å². The van der Waals surface area contributed by atoms with Gasteiger partial charge in [0.2, 0.25) is 0 Å². The molecule has 0 saturated carbocycles. The molecular formula is C42H56IrNO2-. The molecule has 0 fully saturated rings. The van der Waals surface area contributed by atoms with Gasteiger partial charge in [-0.15, -0.1) is 34.9 Å². The van der Waals surface area contributed by atoms with Crippen LogP contribution < -0.4 is 0 Å². The van der Waals surface area contributed by atoms with Crippen molar-refractivity contribution in [1.82, 2.24) is 4.98 Å². The van der Waals surface area contributed by atoms with Gasteiger partial charge in [0.1, 0.15) is 5.76 Å². The second-order valence-electron chi connectivity index (χ2n) is 14.1. The van der Waals surface area contributed by atoms with E-state index in [1.165, 1.54) is 38.7 Å². The van der Waals surface area contributed by atoms with Gasteiger partial charge in [0, 0.05) is 43.2 Å². The zero-order valence-corrected chi connectivity index (χ0v) is 32.3. The summed E-state index contributed by atoms with van der Waals surface area (Å²) < 4.78 is 0.